The van der Waals surface area contributed by atoms with Gasteiger partial charge in [-0.25, -0.2) is 13.2 Å². The Hall–Kier alpha value is -2.46. The Bertz CT molecular complexity index is 1070. The molecule has 0 bridgehead atoms. The van der Waals surface area contributed by atoms with Crippen molar-refractivity contribution >= 4 is 33.5 Å². The molecule has 0 aromatic heterocycles. The van der Waals surface area contributed by atoms with Gasteiger partial charge in [-0.1, -0.05) is 0 Å². The van der Waals surface area contributed by atoms with Crippen molar-refractivity contribution in [2.45, 2.75) is 89.6 Å². The Labute approximate surface area is 209 Å². The number of amides is 2. The summed E-state index contributed by atoms with van der Waals surface area (Å²) in [6.45, 7) is 13.2. The van der Waals surface area contributed by atoms with Gasteiger partial charge in [0.05, 0.1) is 10.3 Å². The van der Waals surface area contributed by atoms with Crippen molar-refractivity contribution < 1.29 is 31.9 Å². The second-order valence-electron chi connectivity index (χ2n) is 10.4. The van der Waals surface area contributed by atoms with Gasteiger partial charge in [0.15, 0.2) is 5.71 Å². The van der Waals surface area contributed by atoms with E-state index in [1.165, 1.54) is 12.1 Å². The number of nitrogens with one attached hydrogen (secondary N) is 2. The van der Waals surface area contributed by atoms with Crippen LogP contribution in [0.1, 0.15) is 79.2 Å². The van der Waals surface area contributed by atoms with Crippen molar-refractivity contribution in [2.24, 2.45) is 0 Å². The molecule has 2 rings (SSSR count). The number of benzene rings is 1. The standard InChI is InChI=1S/C25H39N3O6S/c1-18-25(5,6)20-17-19(35(31,32)33)12-13-21(20)28(18)16-9-7-8-11-22(29)26-14-10-15-27-23(30)34-24(2,3)4/h12-13,17H,7-11,14-16H2,1-6H3,(H2-,26,27,29,30,31,32,33). The van der Waals surface area contributed by atoms with Crippen LogP contribution in [0, 0.1) is 0 Å². The Kier molecular flexibility index (Phi) is 9.47. The number of rotatable bonds is 11. The number of fused-ring (bicyclic) bond motifs is 1. The number of hydrogen-bond donors (Lipinski definition) is 2. The maximum Gasteiger partial charge on any atom is 0.407 e. The van der Waals surface area contributed by atoms with E-state index in [1.54, 1.807) is 26.8 Å². The molecule has 0 atom stereocenters. The molecule has 0 saturated carbocycles. The van der Waals surface area contributed by atoms with Crippen LogP contribution >= 0.6 is 0 Å². The molecule has 0 radical (unpaired) electrons. The Balaban J connectivity index is 1.71. The summed E-state index contributed by atoms with van der Waals surface area (Å²) in [5.41, 5.74) is 1.97. The molecule has 0 aliphatic carbocycles. The molecule has 1 aliphatic rings. The summed E-state index contributed by atoms with van der Waals surface area (Å²) in [6.07, 6.45) is 3.12. The third kappa shape index (κ3) is 8.31. The van der Waals surface area contributed by atoms with Crippen molar-refractivity contribution in [3.63, 3.8) is 0 Å². The van der Waals surface area contributed by atoms with Gasteiger partial charge in [-0.3, -0.25) is 4.79 Å². The van der Waals surface area contributed by atoms with Gasteiger partial charge in [0.1, 0.15) is 22.3 Å². The molecule has 10 heteroatoms. The van der Waals surface area contributed by atoms with E-state index in [0.717, 1.165) is 42.8 Å². The molecular weight excluding hydrogens is 470 g/mol. The fraction of sp³-hybridized carbons (Fsp3) is 0.640. The SMILES string of the molecule is CC1=[N+](CCCCCC(=O)NCCCNC(=O)OC(C)(C)C)c2ccc(S(=O)(=O)[O-])cc2C1(C)C. The molecule has 2 N–H and O–H groups in total. The molecule has 1 heterocycles. The highest BCUT2D eigenvalue weighted by Crippen LogP contribution is 2.40. The van der Waals surface area contributed by atoms with Crippen LogP contribution in [0.3, 0.4) is 0 Å². The van der Waals surface area contributed by atoms with Gasteiger partial charge in [-0.15, -0.1) is 0 Å². The van der Waals surface area contributed by atoms with Gasteiger partial charge in [-0.05, 0) is 66.0 Å². The first-order chi connectivity index (χ1) is 16.1. The van der Waals surface area contributed by atoms with Crippen LogP contribution in [0.4, 0.5) is 10.5 Å². The second-order valence-corrected chi connectivity index (χ2v) is 11.8. The summed E-state index contributed by atoms with van der Waals surface area (Å²) in [6, 6.07) is 4.58. The Morgan fingerprint density at radius 2 is 1.71 bits per heavy atom. The Morgan fingerprint density at radius 3 is 2.34 bits per heavy atom. The fourth-order valence-corrected chi connectivity index (χ4v) is 4.55. The monoisotopic (exact) mass is 509 g/mol. The zero-order valence-corrected chi connectivity index (χ0v) is 22.5. The maximum atomic E-state index is 12.0. The van der Waals surface area contributed by atoms with Crippen LogP contribution < -0.4 is 10.6 Å². The van der Waals surface area contributed by atoms with Gasteiger partial charge in [0.2, 0.25) is 11.6 Å². The van der Waals surface area contributed by atoms with Gasteiger partial charge in [-0.2, -0.15) is 4.58 Å². The molecule has 0 spiro atoms. The van der Waals surface area contributed by atoms with Crippen LogP contribution in [0.25, 0.3) is 0 Å². The topological polar surface area (TPSA) is 128 Å². The molecule has 9 nitrogen and oxygen atoms in total. The first-order valence-corrected chi connectivity index (χ1v) is 13.5. The molecule has 1 aromatic rings. The number of ether oxygens (including phenoxy) is 1. The predicted molar refractivity (Wildman–Crippen MR) is 133 cm³/mol. The minimum atomic E-state index is -4.50. The molecule has 35 heavy (non-hydrogen) atoms. The predicted octanol–water partition coefficient (Wildman–Crippen LogP) is 3.58. The zero-order chi connectivity index (χ0) is 26.4. The lowest BCUT2D eigenvalue weighted by atomic mass is 9.82. The maximum absolute atomic E-state index is 12.0. The van der Waals surface area contributed by atoms with E-state index in [0.29, 0.717) is 25.9 Å². The van der Waals surface area contributed by atoms with Crippen LogP contribution in [0.2, 0.25) is 0 Å². The number of hydrogen-bond acceptors (Lipinski definition) is 6. The average molecular weight is 510 g/mol. The minimum Gasteiger partial charge on any atom is -0.744 e. The van der Waals surface area contributed by atoms with Crippen LogP contribution in [0.5, 0.6) is 0 Å². The van der Waals surface area contributed by atoms with Gasteiger partial charge >= 0.3 is 6.09 Å². The lowest BCUT2D eigenvalue weighted by Crippen LogP contribution is -2.34. The van der Waals surface area contributed by atoms with E-state index in [2.05, 4.69) is 15.2 Å². The number of alkyl carbamates (subject to hydrolysis) is 1. The minimum absolute atomic E-state index is 0.0102. The largest absolute Gasteiger partial charge is 0.744 e. The van der Waals surface area contributed by atoms with Gasteiger partial charge in [0, 0.05) is 44.5 Å². The van der Waals surface area contributed by atoms with E-state index < -0.39 is 21.8 Å². The van der Waals surface area contributed by atoms with Crippen LogP contribution in [0.15, 0.2) is 23.1 Å². The molecule has 0 saturated heterocycles. The lowest BCUT2D eigenvalue weighted by molar-refractivity contribution is -0.439. The fourth-order valence-electron chi connectivity index (χ4n) is 4.05. The number of carbonyl (C=O) groups is 2. The highest BCUT2D eigenvalue weighted by Gasteiger charge is 2.43. The third-order valence-corrected chi connectivity index (χ3v) is 6.99. The quantitative estimate of drug-likeness (QED) is 0.267. The first-order valence-electron chi connectivity index (χ1n) is 12.1. The number of carbonyl (C=O) groups excluding carboxylic acids is 2. The van der Waals surface area contributed by atoms with E-state index in [-0.39, 0.29) is 16.2 Å². The van der Waals surface area contributed by atoms with Gasteiger partial charge in [0.25, 0.3) is 0 Å². The van der Waals surface area contributed by atoms with Crippen molar-refractivity contribution in [1.82, 2.24) is 10.6 Å². The highest BCUT2D eigenvalue weighted by molar-refractivity contribution is 7.85. The normalized spacial score (nSPS) is 15.1. The molecule has 196 valence electrons. The molecule has 1 aliphatic heterocycles. The summed E-state index contributed by atoms with van der Waals surface area (Å²) in [4.78, 5) is 23.4. The van der Waals surface area contributed by atoms with Crippen LogP contribution in [-0.2, 0) is 25.1 Å². The van der Waals surface area contributed by atoms with Crippen molar-refractivity contribution in [3.8, 4) is 0 Å². The highest BCUT2D eigenvalue weighted by atomic mass is 32.2. The second kappa shape index (κ2) is 11.5. The van der Waals surface area contributed by atoms with Gasteiger partial charge < -0.3 is 19.9 Å². The summed E-state index contributed by atoms with van der Waals surface area (Å²) in [7, 11) is -4.50. The number of nitrogens with zero attached hydrogens (tertiary/aromatic N) is 1. The van der Waals surface area contributed by atoms with E-state index in [4.69, 9.17) is 4.74 Å². The molecule has 1 aromatic carbocycles. The Morgan fingerprint density at radius 1 is 1.06 bits per heavy atom. The first kappa shape index (κ1) is 28.8. The molecule has 0 fully saturated rings. The number of unbranched alkanes of at least 4 members (excludes halogenated alkanes) is 2. The smallest absolute Gasteiger partial charge is 0.407 e. The molecular formula is C25H39N3O6S. The zero-order valence-electron chi connectivity index (χ0n) is 21.7. The molecule has 2 amide bonds. The summed E-state index contributed by atoms with van der Waals surface area (Å²) >= 11 is 0. The van der Waals surface area contributed by atoms with Crippen molar-refractivity contribution in [2.75, 3.05) is 19.6 Å². The average Bonchev–Trinajstić information content (AvgIpc) is 2.91. The summed E-state index contributed by atoms with van der Waals surface area (Å²) < 4.78 is 41.7. The summed E-state index contributed by atoms with van der Waals surface area (Å²) in [5.74, 6) is -0.0102. The van der Waals surface area contributed by atoms with Crippen molar-refractivity contribution in [1.29, 1.82) is 0 Å². The lowest BCUT2D eigenvalue weighted by Gasteiger charge is -2.19. The third-order valence-electron chi connectivity index (χ3n) is 6.16. The van der Waals surface area contributed by atoms with E-state index >= 15 is 0 Å². The van der Waals surface area contributed by atoms with E-state index in [1.807, 2.05) is 20.8 Å². The van der Waals surface area contributed by atoms with E-state index in [9.17, 15) is 22.6 Å². The summed E-state index contributed by atoms with van der Waals surface area (Å²) in [5, 5.41) is 5.53. The van der Waals surface area contributed by atoms with Crippen molar-refractivity contribution in [3.05, 3.63) is 23.8 Å². The molecule has 0 unspecified atom stereocenters. The van der Waals surface area contributed by atoms with Crippen LogP contribution in [-0.4, -0.2) is 60.5 Å².